The van der Waals surface area contributed by atoms with E-state index in [0.717, 1.165) is 16.3 Å². The smallest absolute Gasteiger partial charge is 0.435 e. The van der Waals surface area contributed by atoms with E-state index in [0.29, 0.717) is 36.6 Å². The van der Waals surface area contributed by atoms with Crippen LogP contribution < -0.4 is 15.8 Å². The second kappa shape index (κ2) is 10.5. The van der Waals surface area contributed by atoms with Gasteiger partial charge in [-0.15, -0.1) is 0 Å². The van der Waals surface area contributed by atoms with Crippen LogP contribution in [0.25, 0.3) is 5.69 Å². The number of amides is 1. The summed E-state index contributed by atoms with van der Waals surface area (Å²) < 4.78 is 46.5. The number of nitrogens with one attached hydrogen (secondary N) is 1. The van der Waals surface area contributed by atoms with E-state index in [1.807, 2.05) is 18.0 Å². The van der Waals surface area contributed by atoms with Crippen LogP contribution >= 0.6 is 0 Å². The molecule has 1 heterocycles. The minimum Gasteiger partial charge on any atom is -0.496 e. The summed E-state index contributed by atoms with van der Waals surface area (Å²) in [5, 5.41) is 6.35. The number of ether oxygens (including phenoxy) is 1. The van der Waals surface area contributed by atoms with Gasteiger partial charge >= 0.3 is 6.18 Å². The average molecular weight is 461 g/mol. The van der Waals surface area contributed by atoms with Crippen molar-refractivity contribution < 1.29 is 22.7 Å². The molecule has 10 heteroatoms. The summed E-state index contributed by atoms with van der Waals surface area (Å²) in [5.74, 6) is -0.119. The molecule has 0 spiro atoms. The molecule has 0 aliphatic rings. The van der Waals surface area contributed by atoms with E-state index in [4.69, 9.17) is 10.5 Å². The Balaban J connectivity index is 1.91. The number of para-hydroxylation sites is 1. The van der Waals surface area contributed by atoms with Gasteiger partial charge in [-0.3, -0.25) is 4.79 Å². The highest BCUT2D eigenvalue weighted by atomic mass is 19.4. The Bertz CT molecular complexity index is 1100. The third-order valence-electron chi connectivity index (χ3n) is 4.98. The number of halogens is 3. The normalized spacial score (nSPS) is 11.6. The number of alkyl halides is 3. The Morgan fingerprint density at radius 1 is 1.18 bits per heavy atom. The van der Waals surface area contributed by atoms with E-state index in [-0.39, 0.29) is 12.2 Å². The van der Waals surface area contributed by atoms with Gasteiger partial charge in [0.05, 0.1) is 12.8 Å². The van der Waals surface area contributed by atoms with E-state index in [9.17, 15) is 18.0 Å². The summed E-state index contributed by atoms with van der Waals surface area (Å²) in [6, 6.07) is 14.7. The average Bonchev–Trinajstić information content (AvgIpc) is 3.24. The summed E-state index contributed by atoms with van der Waals surface area (Å²) in [5.41, 5.74) is 6.12. The van der Waals surface area contributed by atoms with E-state index in [2.05, 4.69) is 10.4 Å². The highest BCUT2D eigenvalue weighted by Crippen LogP contribution is 2.30. The summed E-state index contributed by atoms with van der Waals surface area (Å²) in [7, 11) is 3.40. The second-order valence-corrected chi connectivity index (χ2v) is 7.52. The second-order valence-electron chi connectivity index (χ2n) is 7.52. The van der Waals surface area contributed by atoms with Crippen LogP contribution in [0.5, 0.6) is 5.75 Å². The molecule has 33 heavy (non-hydrogen) atoms. The largest absolute Gasteiger partial charge is 0.496 e. The number of methoxy groups -OCH3 is 1. The molecular formula is C23H26F3N5O2. The van der Waals surface area contributed by atoms with Gasteiger partial charge in [0.25, 0.3) is 5.91 Å². The van der Waals surface area contributed by atoms with Gasteiger partial charge < -0.3 is 20.7 Å². The molecule has 0 fully saturated rings. The molecule has 0 bridgehead atoms. The van der Waals surface area contributed by atoms with Gasteiger partial charge in [0.15, 0.2) is 5.69 Å². The molecule has 0 saturated heterocycles. The van der Waals surface area contributed by atoms with Crippen LogP contribution in [0.15, 0.2) is 54.6 Å². The molecule has 3 aromatic rings. The molecule has 0 aliphatic heterocycles. The maximum Gasteiger partial charge on any atom is 0.435 e. The first-order valence-electron chi connectivity index (χ1n) is 10.3. The summed E-state index contributed by atoms with van der Waals surface area (Å²) >= 11 is 0. The van der Waals surface area contributed by atoms with Crippen molar-refractivity contribution in [3.8, 4) is 11.4 Å². The zero-order valence-corrected chi connectivity index (χ0v) is 18.4. The number of hydrogen-bond donors (Lipinski definition) is 2. The van der Waals surface area contributed by atoms with Gasteiger partial charge in [0, 0.05) is 37.8 Å². The van der Waals surface area contributed by atoms with Gasteiger partial charge in [0.2, 0.25) is 0 Å². The van der Waals surface area contributed by atoms with Crippen molar-refractivity contribution >= 4 is 5.91 Å². The molecule has 3 N–H and O–H groups in total. The maximum atomic E-state index is 13.4. The minimum absolute atomic E-state index is 0.0826. The third-order valence-corrected chi connectivity index (χ3v) is 4.98. The molecule has 2 aromatic carbocycles. The Kier molecular flexibility index (Phi) is 7.72. The van der Waals surface area contributed by atoms with Crippen LogP contribution in [-0.4, -0.2) is 47.8 Å². The SMILES string of the molecule is COc1ccccc1CNC(=O)c1cc(C(F)(F)F)nn1-c1cccc(CN(C)CCN)c1. The number of nitrogens with two attached hydrogens (primary N) is 1. The molecule has 0 aliphatic carbocycles. The first-order chi connectivity index (χ1) is 15.7. The molecule has 7 nitrogen and oxygen atoms in total. The molecule has 1 amide bonds. The highest BCUT2D eigenvalue weighted by Gasteiger charge is 2.36. The molecule has 0 unspecified atom stereocenters. The standard InChI is InChI=1S/C23H26F3N5O2/c1-30(11-10-27)15-16-6-5-8-18(12-16)31-19(13-21(29-31)23(24,25)26)22(32)28-14-17-7-3-4-9-20(17)33-2/h3-9,12-13H,10-11,14-15,27H2,1-2H3,(H,28,32). The zero-order valence-electron chi connectivity index (χ0n) is 18.4. The molecule has 0 atom stereocenters. The lowest BCUT2D eigenvalue weighted by Gasteiger charge is -2.16. The Morgan fingerprint density at radius 2 is 1.94 bits per heavy atom. The maximum absolute atomic E-state index is 13.4. The number of hydrogen-bond acceptors (Lipinski definition) is 5. The number of likely N-dealkylation sites (N-methyl/N-ethyl adjacent to an activating group) is 1. The molecule has 3 rings (SSSR count). The van der Waals surface area contributed by atoms with E-state index >= 15 is 0 Å². The van der Waals surface area contributed by atoms with Gasteiger partial charge in [-0.05, 0) is 30.8 Å². The van der Waals surface area contributed by atoms with E-state index in [1.165, 1.54) is 7.11 Å². The van der Waals surface area contributed by atoms with Crippen LogP contribution in [0, 0.1) is 0 Å². The lowest BCUT2D eigenvalue weighted by atomic mass is 10.2. The van der Waals surface area contributed by atoms with Gasteiger partial charge in [0.1, 0.15) is 11.4 Å². The molecule has 0 saturated carbocycles. The first-order valence-corrected chi connectivity index (χ1v) is 10.3. The summed E-state index contributed by atoms with van der Waals surface area (Å²) in [4.78, 5) is 14.9. The van der Waals surface area contributed by atoms with Crippen LogP contribution in [0.4, 0.5) is 13.2 Å². The minimum atomic E-state index is -4.69. The van der Waals surface area contributed by atoms with Crippen molar-refractivity contribution in [2.24, 2.45) is 5.73 Å². The van der Waals surface area contributed by atoms with Crippen LogP contribution in [0.2, 0.25) is 0 Å². The molecule has 176 valence electrons. The predicted octanol–water partition coefficient (Wildman–Crippen LogP) is 3.22. The monoisotopic (exact) mass is 461 g/mol. The van der Waals surface area contributed by atoms with Crippen molar-refractivity contribution in [1.29, 1.82) is 0 Å². The lowest BCUT2D eigenvalue weighted by molar-refractivity contribution is -0.141. The molecular weight excluding hydrogens is 435 g/mol. The fraction of sp³-hybridized carbons (Fsp3) is 0.304. The van der Waals surface area contributed by atoms with Gasteiger partial charge in [-0.2, -0.15) is 18.3 Å². The number of carbonyl (C=O) groups is 1. The first kappa shape index (κ1) is 24.3. The Hall–Kier alpha value is -3.37. The van der Waals surface area contributed by atoms with Crippen molar-refractivity contribution in [3.05, 3.63) is 77.1 Å². The van der Waals surface area contributed by atoms with Gasteiger partial charge in [-0.25, -0.2) is 4.68 Å². The van der Waals surface area contributed by atoms with Crippen molar-refractivity contribution in [3.63, 3.8) is 0 Å². The van der Waals surface area contributed by atoms with Crippen molar-refractivity contribution in [2.75, 3.05) is 27.2 Å². The van der Waals surface area contributed by atoms with Gasteiger partial charge in [-0.1, -0.05) is 30.3 Å². The Labute approximate surface area is 189 Å². The summed E-state index contributed by atoms with van der Waals surface area (Å²) in [6.45, 7) is 1.79. The quantitative estimate of drug-likeness (QED) is 0.511. The number of carbonyl (C=O) groups excluding carboxylic acids is 1. The number of rotatable bonds is 9. The Morgan fingerprint density at radius 3 is 2.64 bits per heavy atom. The topological polar surface area (TPSA) is 85.4 Å². The lowest BCUT2D eigenvalue weighted by Crippen LogP contribution is -2.26. The van der Waals surface area contributed by atoms with E-state index < -0.39 is 17.8 Å². The van der Waals surface area contributed by atoms with Crippen LogP contribution in [0.1, 0.15) is 27.3 Å². The molecule has 1 aromatic heterocycles. The van der Waals surface area contributed by atoms with Crippen LogP contribution in [0.3, 0.4) is 0 Å². The molecule has 0 radical (unpaired) electrons. The number of benzene rings is 2. The van der Waals surface area contributed by atoms with E-state index in [1.54, 1.807) is 42.5 Å². The van der Waals surface area contributed by atoms with Crippen molar-refractivity contribution in [2.45, 2.75) is 19.3 Å². The predicted molar refractivity (Wildman–Crippen MR) is 118 cm³/mol. The van der Waals surface area contributed by atoms with Crippen molar-refractivity contribution in [1.82, 2.24) is 20.0 Å². The van der Waals surface area contributed by atoms with Crippen LogP contribution in [-0.2, 0) is 19.3 Å². The fourth-order valence-corrected chi connectivity index (χ4v) is 3.39. The number of aromatic nitrogens is 2. The highest BCUT2D eigenvalue weighted by molar-refractivity contribution is 5.93. The number of nitrogens with zero attached hydrogens (tertiary/aromatic N) is 3. The zero-order chi connectivity index (χ0) is 24.0. The third kappa shape index (κ3) is 6.11. The summed E-state index contributed by atoms with van der Waals surface area (Å²) in [6.07, 6.45) is -4.69. The fourth-order valence-electron chi connectivity index (χ4n) is 3.39.